The third kappa shape index (κ3) is 6.34. The van der Waals surface area contributed by atoms with Crippen molar-refractivity contribution in [3.05, 3.63) is 121 Å². The molecule has 0 unspecified atom stereocenters. The molecule has 3 heterocycles. The van der Waals surface area contributed by atoms with E-state index < -0.39 is 0 Å². The van der Waals surface area contributed by atoms with E-state index in [1.807, 2.05) is 89.8 Å². The number of nitrogens with one attached hydrogen (secondary N) is 2. The van der Waals surface area contributed by atoms with E-state index in [2.05, 4.69) is 46.0 Å². The van der Waals surface area contributed by atoms with Crippen molar-refractivity contribution < 1.29 is 0 Å². The van der Waals surface area contributed by atoms with Crippen molar-refractivity contribution >= 4 is 41.6 Å². The molecule has 0 saturated carbocycles. The molecule has 0 saturated heterocycles. The molecule has 10 nitrogen and oxygen atoms in total. The molecule has 0 amide bonds. The Bertz CT molecular complexity index is 1350. The van der Waals surface area contributed by atoms with Crippen LogP contribution in [0.3, 0.4) is 0 Å². The van der Waals surface area contributed by atoms with Crippen LogP contribution in [-0.4, -0.2) is 37.3 Å². The average Bonchev–Trinajstić information content (AvgIpc) is 2.96. The molecule has 0 aliphatic carbocycles. The monoisotopic (exact) mass is 486 g/mol. The van der Waals surface area contributed by atoms with Gasteiger partial charge in [0, 0.05) is 47.3 Å². The van der Waals surface area contributed by atoms with Crippen molar-refractivity contribution in [2.45, 2.75) is 0 Å². The fourth-order valence-electron chi connectivity index (χ4n) is 3.33. The van der Waals surface area contributed by atoms with Gasteiger partial charge in [-0.3, -0.25) is 14.9 Å². The second-order valence-corrected chi connectivity index (χ2v) is 7.60. The molecule has 5 aromatic rings. The van der Waals surface area contributed by atoms with Crippen molar-refractivity contribution in [1.29, 1.82) is 0 Å². The first kappa shape index (κ1) is 23.2. The van der Waals surface area contributed by atoms with Crippen molar-refractivity contribution in [2.24, 2.45) is 10.2 Å². The van der Waals surface area contributed by atoms with E-state index in [9.17, 15) is 0 Å². The second-order valence-electron chi connectivity index (χ2n) is 7.60. The van der Waals surface area contributed by atoms with Crippen LogP contribution in [0, 0.1) is 0 Å². The van der Waals surface area contributed by atoms with Crippen LogP contribution >= 0.6 is 0 Å². The number of aromatic nitrogens is 5. The predicted octanol–water partition coefficient (Wildman–Crippen LogP) is 5.02. The molecule has 3 aromatic heterocycles. The predicted molar refractivity (Wildman–Crippen MR) is 145 cm³/mol. The summed E-state index contributed by atoms with van der Waals surface area (Å²) in [7, 11) is 0. The van der Waals surface area contributed by atoms with Crippen LogP contribution in [-0.2, 0) is 0 Å². The van der Waals surface area contributed by atoms with Gasteiger partial charge >= 0.3 is 0 Å². The summed E-state index contributed by atoms with van der Waals surface area (Å²) in [5.41, 5.74) is 9.21. The zero-order chi connectivity index (χ0) is 25.1. The Morgan fingerprint density at radius 2 is 1.05 bits per heavy atom. The quantitative estimate of drug-likeness (QED) is 0.220. The number of pyridine rings is 2. The average molecular weight is 487 g/mol. The lowest BCUT2D eigenvalue weighted by Gasteiger charge is -2.23. The van der Waals surface area contributed by atoms with Gasteiger partial charge in [-0.25, -0.2) is 10.9 Å². The lowest BCUT2D eigenvalue weighted by Crippen LogP contribution is -2.16. The molecule has 2 aromatic carbocycles. The van der Waals surface area contributed by atoms with Gasteiger partial charge in [0.25, 0.3) is 0 Å². The topological polar surface area (TPSA) is 116 Å². The highest BCUT2D eigenvalue weighted by Crippen LogP contribution is 2.32. The Hall–Kier alpha value is -5.51. The molecule has 0 aliphatic heterocycles. The minimum atomic E-state index is 0.237. The van der Waals surface area contributed by atoms with Gasteiger partial charge in [-0.2, -0.15) is 25.2 Å². The highest BCUT2D eigenvalue weighted by atomic mass is 15.4. The number of hydrazone groups is 2. The van der Waals surface area contributed by atoms with Crippen LogP contribution in [0.4, 0.5) is 29.2 Å². The van der Waals surface area contributed by atoms with Crippen molar-refractivity contribution in [2.75, 3.05) is 15.8 Å². The van der Waals surface area contributed by atoms with Gasteiger partial charge in [-0.05, 0) is 36.4 Å². The standard InChI is InChI=1S/C27H22N10/c1-3-11-23(12-4-1)37(24-13-5-2-6-14-24)27-33-25(35-30-19-21-9-7-15-28-17-21)32-26(34-27)36-31-20-22-10-8-16-29-18-22/h1-20H,(H2,32,33,34,35,36)/b30-19+,31-20+. The Kier molecular flexibility index (Phi) is 7.39. The van der Waals surface area contributed by atoms with E-state index in [1.165, 1.54) is 0 Å². The molecule has 0 radical (unpaired) electrons. The molecule has 0 bridgehead atoms. The molecule has 0 spiro atoms. The molecular weight excluding hydrogens is 464 g/mol. The number of hydrogen-bond donors (Lipinski definition) is 2. The third-order valence-electron chi connectivity index (χ3n) is 4.98. The number of para-hydroxylation sites is 2. The molecule has 0 fully saturated rings. The zero-order valence-electron chi connectivity index (χ0n) is 19.6. The second kappa shape index (κ2) is 11.8. The summed E-state index contributed by atoms with van der Waals surface area (Å²) in [6, 6.07) is 27.1. The van der Waals surface area contributed by atoms with Gasteiger partial charge in [0.2, 0.25) is 17.8 Å². The minimum absolute atomic E-state index is 0.237. The van der Waals surface area contributed by atoms with Gasteiger partial charge in [0.05, 0.1) is 12.4 Å². The molecule has 10 heteroatoms. The Morgan fingerprint density at radius 3 is 1.49 bits per heavy atom. The highest BCUT2D eigenvalue weighted by Gasteiger charge is 2.17. The van der Waals surface area contributed by atoms with E-state index in [4.69, 9.17) is 0 Å². The van der Waals surface area contributed by atoms with Crippen LogP contribution in [0.25, 0.3) is 0 Å². The van der Waals surface area contributed by atoms with E-state index in [-0.39, 0.29) is 11.9 Å². The lowest BCUT2D eigenvalue weighted by molar-refractivity contribution is 0.991. The van der Waals surface area contributed by atoms with Gasteiger partial charge in [-0.15, -0.1) is 0 Å². The Balaban J connectivity index is 1.50. The summed E-state index contributed by atoms with van der Waals surface area (Å²) >= 11 is 0. The maximum Gasteiger partial charge on any atom is 0.250 e. The normalized spacial score (nSPS) is 11.0. The Labute approximate surface area is 213 Å². The molecule has 0 aliphatic rings. The smallest absolute Gasteiger partial charge is 0.250 e. The van der Waals surface area contributed by atoms with Crippen LogP contribution < -0.4 is 15.8 Å². The number of rotatable bonds is 9. The largest absolute Gasteiger partial charge is 0.279 e. The molecule has 180 valence electrons. The van der Waals surface area contributed by atoms with Crippen LogP contribution in [0.5, 0.6) is 0 Å². The van der Waals surface area contributed by atoms with Crippen LogP contribution in [0.2, 0.25) is 0 Å². The summed E-state index contributed by atoms with van der Waals surface area (Å²) in [6.07, 6.45) is 10.1. The first-order valence-corrected chi connectivity index (χ1v) is 11.4. The van der Waals surface area contributed by atoms with E-state index >= 15 is 0 Å². The summed E-state index contributed by atoms with van der Waals surface area (Å²) in [5.74, 6) is 0.854. The Morgan fingerprint density at radius 1 is 0.568 bits per heavy atom. The van der Waals surface area contributed by atoms with Gasteiger partial charge in [-0.1, -0.05) is 48.5 Å². The van der Waals surface area contributed by atoms with E-state index in [0.29, 0.717) is 5.95 Å². The minimum Gasteiger partial charge on any atom is -0.279 e. The molecule has 5 rings (SSSR count). The maximum atomic E-state index is 4.65. The van der Waals surface area contributed by atoms with Crippen LogP contribution in [0.1, 0.15) is 11.1 Å². The zero-order valence-corrected chi connectivity index (χ0v) is 19.6. The summed E-state index contributed by atoms with van der Waals surface area (Å²) in [6.45, 7) is 0. The van der Waals surface area contributed by atoms with Gasteiger partial charge in [0.15, 0.2) is 0 Å². The fraction of sp³-hybridized carbons (Fsp3) is 0. The molecular formula is C27H22N10. The first-order valence-electron chi connectivity index (χ1n) is 11.4. The highest BCUT2D eigenvalue weighted by molar-refractivity contribution is 5.80. The van der Waals surface area contributed by atoms with E-state index in [1.54, 1.807) is 37.2 Å². The summed E-state index contributed by atoms with van der Waals surface area (Å²) in [5, 5.41) is 8.53. The fourth-order valence-corrected chi connectivity index (χ4v) is 3.33. The first-order chi connectivity index (χ1) is 18.3. The number of benzene rings is 2. The van der Waals surface area contributed by atoms with Gasteiger partial charge < -0.3 is 0 Å². The van der Waals surface area contributed by atoms with Gasteiger partial charge in [0.1, 0.15) is 0 Å². The van der Waals surface area contributed by atoms with Crippen LogP contribution in [0.15, 0.2) is 120 Å². The van der Waals surface area contributed by atoms with E-state index in [0.717, 1.165) is 22.5 Å². The van der Waals surface area contributed by atoms with Crippen molar-refractivity contribution in [3.63, 3.8) is 0 Å². The molecule has 2 N–H and O–H groups in total. The molecule has 0 atom stereocenters. The summed E-state index contributed by atoms with van der Waals surface area (Å²) < 4.78 is 0. The number of hydrogen-bond acceptors (Lipinski definition) is 10. The number of nitrogens with zero attached hydrogens (tertiary/aromatic N) is 8. The maximum absolute atomic E-state index is 4.65. The summed E-state index contributed by atoms with van der Waals surface area (Å²) in [4.78, 5) is 23.8. The third-order valence-corrected chi connectivity index (χ3v) is 4.98. The van der Waals surface area contributed by atoms with Crippen molar-refractivity contribution in [1.82, 2.24) is 24.9 Å². The molecule has 37 heavy (non-hydrogen) atoms. The van der Waals surface area contributed by atoms with Crippen molar-refractivity contribution in [3.8, 4) is 0 Å². The number of anilines is 5. The lowest BCUT2D eigenvalue weighted by atomic mass is 10.2. The SMILES string of the molecule is C(=N\Nc1nc(N/N=C/c2cccnc2)nc(N(c2ccccc2)c2ccccc2)n1)/c1cccnc1.